The third-order valence-corrected chi connectivity index (χ3v) is 14.2. The zero-order chi connectivity index (χ0) is 38.6. The number of fused-ring (bicyclic) bond motifs is 15. The van der Waals surface area contributed by atoms with Crippen molar-refractivity contribution < 1.29 is 0 Å². The molecule has 1 heteroatoms. The van der Waals surface area contributed by atoms with E-state index in [1.807, 2.05) is 0 Å². The molecule has 0 amide bonds. The Morgan fingerprint density at radius 1 is 0.397 bits per heavy atom. The van der Waals surface area contributed by atoms with E-state index in [4.69, 9.17) is 12.6 Å². The topological polar surface area (TPSA) is 0 Å². The van der Waals surface area contributed by atoms with Crippen LogP contribution in [-0.2, 0) is 10.8 Å². The molecule has 58 heavy (non-hydrogen) atoms. The van der Waals surface area contributed by atoms with Gasteiger partial charge in [-0.25, -0.2) is 0 Å². The van der Waals surface area contributed by atoms with Crippen molar-refractivity contribution in [1.29, 1.82) is 0 Å². The van der Waals surface area contributed by atoms with E-state index in [0.29, 0.717) is 0 Å². The van der Waals surface area contributed by atoms with Crippen LogP contribution in [0.15, 0.2) is 205 Å². The maximum Gasteiger partial charge on any atom is 0.0720 e. The molecule has 2 spiro atoms. The van der Waals surface area contributed by atoms with Crippen LogP contribution < -0.4 is 0 Å². The van der Waals surface area contributed by atoms with Gasteiger partial charge in [-0.3, -0.25) is 0 Å². The van der Waals surface area contributed by atoms with Crippen LogP contribution in [0.25, 0.3) is 50.1 Å². The summed E-state index contributed by atoms with van der Waals surface area (Å²) in [5.74, 6) is 0. The summed E-state index contributed by atoms with van der Waals surface area (Å²) in [4.78, 5) is 1.00. The van der Waals surface area contributed by atoms with Gasteiger partial charge in [0.2, 0.25) is 0 Å². The molecule has 8 aromatic carbocycles. The lowest BCUT2D eigenvalue weighted by atomic mass is 9.50. The Morgan fingerprint density at radius 3 is 1.53 bits per heavy atom. The summed E-state index contributed by atoms with van der Waals surface area (Å²) in [6, 6.07) is 68.7. The van der Waals surface area contributed by atoms with Gasteiger partial charge < -0.3 is 0 Å². The van der Waals surface area contributed by atoms with Crippen molar-refractivity contribution in [3.8, 4) is 44.5 Å². The third kappa shape index (κ3) is 4.27. The summed E-state index contributed by atoms with van der Waals surface area (Å²) >= 11 is 5.18. The average molecular weight is 757 g/mol. The summed E-state index contributed by atoms with van der Waals surface area (Å²) in [7, 11) is 0. The quantitative estimate of drug-likeness (QED) is 0.171. The van der Waals surface area contributed by atoms with Crippen molar-refractivity contribution in [3.63, 3.8) is 0 Å². The molecule has 274 valence electrons. The van der Waals surface area contributed by atoms with Gasteiger partial charge in [-0.05, 0) is 125 Å². The Bertz CT molecular complexity index is 3040. The maximum absolute atomic E-state index is 5.18. The van der Waals surface area contributed by atoms with Gasteiger partial charge in [0.1, 0.15) is 0 Å². The minimum absolute atomic E-state index is 0.463. The van der Waals surface area contributed by atoms with Gasteiger partial charge in [0.05, 0.1) is 10.8 Å². The molecule has 4 aliphatic carbocycles. The zero-order valence-electron chi connectivity index (χ0n) is 32.3. The standard InChI is InChI=1S/C57H40S/c1-36-16-2-3-17-39(36)46-24-14-23-41(55(46)58)38-34-32-37(33-35-38)40-22-15-31-53-54(40)57(49-27-10-6-20-44(49)45-21-7-11-28-50(45)57)52-30-13-12-29-51(52)56(53)47-25-8-4-18-42(47)43-19-5-9-26-48(43)56/h2-10,12-27,29-35,58H,11,28H2,1H3. The Morgan fingerprint density at radius 2 is 0.862 bits per heavy atom. The second kappa shape index (κ2) is 12.5. The van der Waals surface area contributed by atoms with Crippen LogP contribution in [0.1, 0.15) is 62.9 Å². The lowest BCUT2D eigenvalue weighted by Gasteiger charge is -2.50. The molecule has 1 atom stereocenters. The van der Waals surface area contributed by atoms with Gasteiger partial charge in [-0.2, -0.15) is 0 Å². The molecule has 4 aliphatic rings. The smallest absolute Gasteiger partial charge is 0.0720 e. The van der Waals surface area contributed by atoms with Gasteiger partial charge in [-0.15, -0.1) is 12.6 Å². The number of aryl methyl sites for hydroxylation is 1. The monoisotopic (exact) mass is 756 g/mol. The van der Waals surface area contributed by atoms with Crippen molar-refractivity contribution in [2.45, 2.75) is 35.5 Å². The summed E-state index contributed by atoms with van der Waals surface area (Å²) in [5.41, 5.74) is 24.1. The number of rotatable bonds is 3. The highest BCUT2D eigenvalue weighted by Crippen LogP contribution is 2.69. The fourth-order valence-corrected chi connectivity index (χ4v) is 11.9. The lowest BCUT2D eigenvalue weighted by molar-refractivity contribution is 0.607. The van der Waals surface area contributed by atoms with Gasteiger partial charge in [-0.1, -0.05) is 194 Å². The zero-order valence-corrected chi connectivity index (χ0v) is 33.2. The largest absolute Gasteiger partial charge is 0.142 e. The molecule has 0 nitrogen and oxygen atoms in total. The van der Waals surface area contributed by atoms with Crippen LogP contribution in [0, 0.1) is 6.92 Å². The van der Waals surface area contributed by atoms with E-state index in [1.165, 1.54) is 89.0 Å². The first-order valence-electron chi connectivity index (χ1n) is 20.6. The minimum Gasteiger partial charge on any atom is -0.142 e. The number of benzene rings is 8. The molecule has 0 bridgehead atoms. The van der Waals surface area contributed by atoms with Crippen LogP contribution in [0.5, 0.6) is 0 Å². The molecule has 0 N–H and O–H groups in total. The highest BCUT2D eigenvalue weighted by atomic mass is 32.1. The molecule has 0 heterocycles. The van der Waals surface area contributed by atoms with Crippen molar-refractivity contribution in [3.05, 3.63) is 250 Å². The van der Waals surface area contributed by atoms with E-state index in [1.54, 1.807) is 0 Å². The minimum atomic E-state index is -0.486. The third-order valence-electron chi connectivity index (χ3n) is 13.8. The molecule has 0 saturated carbocycles. The molecule has 0 aliphatic heterocycles. The van der Waals surface area contributed by atoms with E-state index in [2.05, 4.69) is 201 Å². The molecule has 0 saturated heterocycles. The van der Waals surface area contributed by atoms with E-state index < -0.39 is 10.8 Å². The van der Waals surface area contributed by atoms with E-state index >= 15 is 0 Å². The predicted octanol–water partition coefficient (Wildman–Crippen LogP) is 14.4. The molecular formula is C57H40S. The number of allylic oxidation sites excluding steroid dienone is 4. The molecule has 8 aromatic rings. The first-order chi connectivity index (χ1) is 28.6. The first kappa shape index (κ1) is 33.7. The van der Waals surface area contributed by atoms with Gasteiger partial charge >= 0.3 is 0 Å². The lowest BCUT2D eigenvalue weighted by Crippen LogP contribution is -2.44. The Balaban J connectivity index is 1.16. The van der Waals surface area contributed by atoms with Crippen molar-refractivity contribution in [2.75, 3.05) is 0 Å². The fourth-order valence-electron chi connectivity index (χ4n) is 11.5. The Hall–Kier alpha value is -6.41. The van der Waals surface area contributed by atoms with Crippen LogP contribution in [0.2, 0.25) is 0 Å². The van der Waals surface area contributed by atoms with E-state index in [-0.39, 0.29) is 0 Å². The van der Waals surface area contributed by atoms with E-state index in [9.17, 15) is 0 Å². The summed E-state index contributed by atoms with van der Waals surface area (Å²) in [5, 5.41) is 0. The SMILES string of the molecule is Cc1ccccc1-c1cccc(-c2ccc(-c3cccc4c3C3(C5=C(C=CCC5)c5ccccc53)c3ccccc3C43c4ccccc4-c4ccccc43)cc2)c1S. The van der Waals surface area contributed by atoms with Crippen LogP contribution in [0.4, 0.5) is 0 Å². The van der Waals surface area contributed by atoms with Crippen LogP contribution in [0.3, 0.4) is 0 Å². The highest BCUT2D eigenvalue weighted by Gasteiger charge is 2.60. The summed E-state index contributed by atoms with van der Waals surface area (Å²) < 4.78 is 0. The molecule has 1 unspecified atom stereocenters. The van der Waals surface area contributed by atoms with Crippen molar-refractivity contribution in [1.82, 2.24) is 0 Å². The first-order valence-corrected chi connectivity index (χ1v) is 21.0. The average Bonchev–Trinajstić information content (AvgIpc) is 3.74. The summed E-state index contributed by atoms with van der Waals surface area (Å²) in [6.07, 6.45) is 6.84. The second-order valence-electron chi connectivity index (χ2n) is 16.3. The molecule has 12 rings (SSSR count). The second-order valence-corrected chi connectivity index (χ2v) is 16.8. The van der Waals surface area contributed by atoms with Gasteiger partial charge in [0, 0.05) is 4.90 Å². The fraction of sp³-hybridized carbons (Fsp3) is 0.0877. The predicted molar refractivity (Wildman–Crippen MR) is 244 cm³/mol. The van der Waals surface area contributed by atoms with Gasteiger partial charge in [0.15, 0.2) is 0 Å². The van der Waals surface area contributed by atoms with E-state index in [0.717, 1.165) is 34.4 Å². The number of thiol groups is 1. The maximum atomic E-state index is 5.18. The molecule has 0 aromatic heterocycles. The normalized spacial score (nSPS) is 17.4. The van der Waals surface area contributed by atoms with Crippen LogP contribution in [-0.4, -0.2) is 0 Å². The van der Waals surface area contributed by atoms with Crippen molar-refractivity contribution >= 4 is 18.2 Å². The number of hydrogen-bond acceptors (Lipinski definition) is 1. The Labute approximate surface area is 346 Å². The molecule has 0 radical (unpaired) electrons. The molecular weight excluding hydrogens is 717 g/mol. The summed E-state index contributed by atoms with van der Waals surface area (Å²) in [6.45, 7) is 2.17. The highest BCUT2D eigenvalue weighted by molar-refractivity contribution is 7.80. The number of hydrogen-bond donors (Lipinski definition) is 1. The Kier molecular flexibility index (Phi) is 7.29. The van der Waals surface area contributed by atoms with Crippen LogP contribution >= 0.6 is 12.6 Å². The molecule has 0 fully saturated rings. The van der Waals surface area contributed by atoms with Crippen molar-refractivity contribution in [2.24, 2.45) is 0 Å². The van der Waals surface area contributed by atoms with Gasteiger partial charge in [0.25, 0.3) is 0 Å².